The number of carbonyl (C=O) groups is 1. The van der Waals surface area contributed by atoms with Gasteiger partial charge in [0.2, 0.25) is 0 Å². The van der Waals surface area contributed by atoms with Crippen molar-refractivity contribution < 1.29 is 19.7 Å². The molecule has 0 amide bonds. The smallest absolute Gasteiger partial charge is 0.334 e. The molecule has 0 bridgehead atoms. The third-order valence-electron chi connectivity index (χ3n) is 5.81. The van der Waals surface area contributed by atoms with Gasteiger partial charge in [0.15, 0.2) is 0 Å². The van der Waals surface area contributed by atoms with Crippen molar-refractivity contribution in [1.82, 2.24) is 0 Å². The Morgan fingerprint density at radius 2 is 2.00 bits per heavy atom. The fraction of sp³-hybridized carbons (Fsp3) is 0.800. The van der Waals surface area contributed by atoms with E-state index in [9.17, 15) is 15.0 Å². The topological polar surface area (TPSA) is 66.8 Å². The highest BCUT2D eigenvalue weighted by Crippen LogP contribution is 2.60. The number of fused-ring (bicyclic) bond motifs is 3. The van der Waals surface area contributed by atoms with Gasteiger partial charge >= 0.3 is 5.97 Å². The van der Waals surface area contributed by atoms with Crippen LogP contribution in [0.3, 0.4) is 0 Å². The van der Waals surface area contributed by atoms with Gasteiger partial charge in [-0.2, -0.15) is 0 Å². The van der Waals surface area contributed by atoms with Crippen LogP contribution in [0.1, 0.15) is 33.6 Å². The molecule has 0 aromatic carbocycles. The second kappa shape index (κ2) is 3.83. The molecule has 0 radical (unpaired) electrons. The molecule has 1 heterocycles. The molecule has 4 nitrogen and oxygen atoms in total. The maximum Gasteiger partial charge on any atom is 0.334 e. The number of ether oxygens (including phenoxy) is 1. The normalized spacial score (nSPS) is 48.1. The summed E-state index contributed by atoms with van der Waals surface area (Å²) in [6.45, 7) is 6.57. The Bertz CT molecular complexity index is 453. The first-order chi connectivity index (χ1) is 8.78. The lowest BCUT2D eigenvalue weighted by molar-refractivity contribution is -0.150. The molecule has 2 aliphatic carbocycles. The Labute approximate surface area is 113 Å². The van der Waals surface area contributed by atoms with Gasteiger partial charge in [-0.15, -0.1) is 0 Å². The number of rotatable bonds is 0. The van der Waals surface area contributed by atoms with Crippen LogP contribution in [0.2, 0.25) is 0 Å². The van der Waals surface area contributed by atoms with Crippen molar-refractivity contribution in [3.05, 3.63) is 11.6 Å². The van der Waals surface area contributed by atoms with Crippen LogP contribution < -0.4 is 0 Å². The molecule has 5 atom stereocenters. The van der Waals surface area contributed by atoms with Crippen LogP contribution in [0.5, 0.6) is 0 Å². The Balaban J connectivity index is 2.10. The molecule has 0 aromatic rings. The summed E-state index contributed by atoms with van der Waals surface area (Å²) in [5.74, 6) is -0.278. The van der Waals surface area contributed by atoms with Crippen LogP contribution in [-0.4, -0.2) is 35.0 Å². The van der Waals surface area contributed by atoms with Crippen molar-refractivity contribution in [1.29, 1.82) is 0 Å². The van der Waals surface area contributed by atoms with Crippen molar-refractivity contribution >= 4 is 5.97 Å². The second-order valence-corrected chi connectivity index (χ2v) is 7.12. The van der Waals surface area contributed by atoms with E-state index in [0.29, 0.717) is 18.6 Å². The van der Waals surface area contributed by atoms with Crippen molar-refractivity contribution in [2.24, 2.45) is 22.7 Å². The highest BCUT2D eigenvalue weighted by molar-refractivity contribution is 5.91. The molecule has 106 valence electrons. The lowest BCUT2D eigenvalue weighted by Gasteiger charge is -2.58. The summed E-state index contributed by atoms with van der Waals surface area (Å²) >= 11 is 0. The molecule has 3 aliphatic rings. The van der Waals surface area contributed by atoms with Crippen molar-refractivity contribution in [2.45, 2.75) is 45.8 Å². The maximum absolute atomic E-state index is 11.7. The van der Waals surface area contributed by atoms with E-state index in [1.54, 1.807) is 6.08 Å². The molecule has 1 saturated heterocycles. The van der Waals surface area contributed by atoms with E-state index < -0.39 is 12.2 Å². The van der Waals surface area contributed by atoms with Gasteiger partial charge in [-0.25, -0.2) is 4.79 Å². The van der Waals surface area contributed by atoms with E-state index in [1.807, 2.05) is 13.8 Å². The van der Waals surface area contributed by atoms with E-state index in [1.165, 1.54) is 0 Å². The van der Waals surface area contributed by atoms with Crippen LogP contribution in [0.4, 0.5) is 0 Å². The number of aliphatic hydroxyl groups excluding tert-OH is 2. The van der Waals surface area contributed by atoms with E-state index >= 15 is 0 Å². The van der Waals surface area contributed by atoms with Gasteiger partial charge in [0.1, 0.15) is 0 Å². The first-order valence-electron chi connectivity index (χ1n) is 7.03. The minimum absolute atomic E-state index is 0.0491. The van der Waals surface area contributed by atoms with Crippen LogP contribution in [0.25, 0.3) is 0 Å². The molecule has 4 heteroatoms. The molecule has 2 N–H and O–H groups in total. The Morgan fingerprint density at radius 1 is 1.32 bits per heavy atom. The Kier molecular flexibility index (Phi) is 2.64. The van der Waals surface area contributed by atoms with E-state index in [0.717, 1.165) is 6.42 Å². The number of aliphatic hydroxyl groups is 2. The van der Waals surface area contributed by atoms with Gasteiger partial charge in [0.05, 0.1) is 18.8 Å². The fourth-order valence-electron chi connectivity index (χ4n) is 4.74. The highest BCUT2D eigenvalue weighted by atomic mass is 16.5. The highest BCUT2D eigenvalue weighted by Gasteiger charge is 2.61. The Hall–Kier alpha value is -0.870. The van der Waals surface area contributed by atoms with Crippen LogP contribution in [0.15, 0.2) is 11.6 Å². The van der Waals surface area contributed by atoms with Gasteiger partial charge < -0.3 is 14.9 Å². The zero-order chi connectivity index (χ0) is 14.0. The number of carbonyl (C=O) groups excluding carboxylic acids is 1. The third-order valence-corrected chi connectivity index (χ3v) is 5.81. The molecule has 1 saturated carbocycles. The summed E-state index contributed by atoms with van der Waals surface area (Å²) < 4.78 is 5.18. The Morgan fingerprint density at radius 3 is 2.68 bits per heavy atom. The minimum Gasteiger partial charge on any atom is -0.462 e. The summed E-state index contributed by atoms with van der Waals surface area (Å²) in [4.78, 5) is 11.7. The largest absolute Gasteiger partial charge is 0.462 e. The van der Waals surface area contributed by atoms with Gasteiger partial charge in [0.25, 0.3) is 0 Å². The summed E-state index contributed by atoms with van der Waals surface area (Å²) in [6.07, 6.45) is 2.09. The summed E-state index contributed by atoms with van der Waals surface area (Å²) in [5, 5.41) is 20.8. The molecular formula is C15H22O4. The average molecular weight is 266 g/mol. The number of hydrogen-bond donors (Lipinski definition) is 2. The SMILES string of the molecule is CC1(C)[C@H](O)CC[C@]2(C)[C@H]3COC(=O)C3=C[C@@H](O)[C@@H]12. The number of esters is 1. The third kappa shape index (κ3) is 1.56. The standard InChI is InChI=1S/C15H22O4/c1-14(2)11(17)4-5-15(3)9-7-19-13(18)8(9)6-10(16)12(14)15/h6,9-12,16-17H,4-5,7H2,1-3H3/t9-,10+,11+,12-,15+/m0/s1. The van der Waals surface area contributed by atoms with E-state index in [-0.39, 0.29) is 28.6 Å². The van der Waals surface area contributed by atoms with Gasteiger partial charge in [-0.1, -0.05) is 20.8 Å². The number of cyclic esters (lactones) is 1. The van der Waals surface area contributed by atoms with Crippen molar-refractivity contribution in [3.63, 3.8) is 0 Å². The van der Waals surface area contributed by atoms with Gasteiger partial charge in [-0.05, 0) is 29.7 Å². The molecule has 2 fully saturated rings. The van der Waals surface area contributed by atoms with Crippen LogP contribution in [-0.2, 0) is 9.53 Å². The average Bonchev–Trinajstić information content (AvgIpc) is 2.67. The zero-order valence-electron chi connectivity index (χ0n) is 11.7. The van der Waals surface area contributed by atoms with Crippen LogP contribution >= 0.6 is 0 Å². The first-order valence-corrected chi connectivity index (χ1v) is 7.03. The molecule has 1 aliphatic heterocycles. The zero-order valence-corrected chi connectivity index (χ0v) is 11.7. The molecule has 0 aromatic heterocycles. The predicted octanol–water partition coefficient (Wildman–Crippen LogP) is 1.26. The molecule has 3 rings (SSSR count). The van der Waals surface area contributed by atoms with Crippen molar-refractivity contribution in [2.75, 3.05) is 6.61 Å². The monoisotopic (exact) mass is 266 g/mol. The first kappa shape index (κ1) is 13.1. The molecule has 0 spiro atoms. The summed E-state index contributed by atoms with van der Waals surface area (Å²) in [7, 11) is 0. The van der Waals surface area contributed by atoms with Gasteiger partial charge in [-0.3, -0.25) is 0 Å². The predicted molar refractivity (Wildman–Crippen MR) is 69.2 cm³/mol. The molecular weight excluding hydrogens is 244 g/mol. The van der Waals surface area contributed by atoms with Crippen LogP contribution in [0, 0.1) is 22.7 Å². The van der Waals surface area contributed by atoms with Gasteiger partial charge in [0, 0.05) is 17.4 Å². The quantitative estimate of drug-likeness (QED) is 0.648. The number of hydrogen-bond acceptors (Lipinski definition) is 4. The lowest BCUT2D eigenvalue weighted by atomic mass is 9.47. The fourth-order valence-corrected chi connectivity index (χ4v) is 4.74. The second-order valence-electron chi connectivity index (χ2n) is 7.12. The molecule has 19 heavy (non-hydrogen) atoms. The molecule has 0 unspecified atom stereocenters. The minimum atomic E-state index is -0.688. The van der Waals surface area contributed by atoms with Crippen molar-refractivity contribution in [3.8, 4) is 0 Å². The summed E-state index contributed by atoms with van der Waals surface area (Å²) in [5.41, 5.74) is 0.0943. The van der Waals surface area contributed by atoms with E-state index in [2.05, 4.69) is 6.92 Å². The van der Waals surface area contributed by atoms with E-state index in [4.69, 9.17) is 4.74 Å². The summed E-state index contributed by atoms with van der Waals surface area (Å²) in [6, 6.07) is 0. The maximum atomic E-state index is 11.7. The lowest BCUT2D eigenvalue weighted by Crippen LogP contribution is -2.58.